The van der Waals surface area contributed by atoms with Gasteiger partial charge in [-0.05, 0) is 54.3 Å². The van der Waals surface area contributed by atoms with Crippen LogP contribution in [0.25, 0.3) is 0 Å². The van der Waals surface area contributed by atoms with Gasteiger partial charge in [0.05, 0.1) is 19.7 Å². The number of para-hydroxylation sites is 2. The summed E-state index contributed by atoms with van der Waals surface area (Å²) in [5, 5.41) is 2.09. The molecule has 1 unspecified atom stereocenters. The highest BCUT2D eigenvalue weighted by molar-refractivity contribution is 7.10. The predicted molar refractivity (Wildman–Crippen MR) is 134 cm³/mol. The van der Waals surface area contributed by atoms with Crippen molar-refractivity contribution >= 4 is 23.2 Å². The molecule has 1 aromatic heterocycles. The number of carbonyl (C=O) groups is 2. The zero-order chi connectivity index (χ0) is 24.1. The number of thiophene rings is 1. The van der Waals surface area contributed by atoms with E-state index in [1.807, 2.05) is 34.1 Å². The van der Waals surface area contributed by atoms with Gasteiger partial charge in [0, 0.05) is 23.9 Å². The second-order valence-corrected chi connectivity index (χ2v) is 10.7. The summed E-state index contributed by atoms with van der Waals surface area (Å²) in [5.41, 5.74) is 1.15. The third kappa shape index (κ3) is 5.57. The van der Waals surface area contributed by atoms with E-state index in [9.17, 15) is 9.59 Å². The maximum absolute atomic E-state index is 13.6. The largest absolute Gasteiger partial charge is 0.493 e. The smallest absolute Gasteiger partial charge is 0.242 e. The van der Waals surface area contributed by atoms with E-state index in [1.54, 1.807) is 18.4 Å². The molecule has 184 valence electrons. The maximum atomic E-state index is 13.6. The van der Waals surface area contributed by atoms with Gasteiger partial charge in [0.1, 0.15) is 6.61 Å². The number of carbonyl (C=O) groups excluding carboxylic acids is 2. The summed E-state index contributed by atoms with van der Waals surface area (Å²) in [6.45, 7) is 5.93. The van der Waals surface area contributed by atoms with Crippen LogP contribution in [0.4, 0.5) is 0 Å². The van der Waals surface area contributed by atoms with E-state index in [0.29, 0.717) is 37.1 Å². The molecule has 1 aliphatic heterocycles. The lowest BCUT2D eigenvalue weighted by Crippen LogP contribution is -2.49. The lowest BCUT2D eigenvalue weighted by atomic mass is 10.00. The van der Waals surface area contributed by atoms with Crippen molar-refractivity contribution in [2.75, 3.05) is 33.4 Å². The molecule has 1 aromatic carbocycles. The molecule has 4 rings (SSSR count). The first-order valence-corrected chi connectivity index (χ1v) is 13.3. The molecular weight excluding hydrogens is 448 g/mol. The van der Waals surface area contributed by atoms with Crippen molar-refractivity contribution < 1.29 is 19.1 Å². The Kier molecular flexibility index (Phi) is 8.14. The Labute approximate surface area is 206 Å². The van der Waals surface area contributed by atoms with Crippen LogP contribution in [0.3, 0.4) is 0 Å². The zero-order valence-corrected chi connectivity index (χ0v) is 21.3. The van der Waals surface area contributed by atoms with Crippen molar-refractivity contribution in [2.45, 2.75) is 52.0 Å². The predicted octanol–water partition coefficient (Wildman–Crippen LogP) is 4.94. The van der Waals surface area contributed by atoms with Crippen LogP contribution in [0.2, 0.25) is 0 Å². The Hall–Kier alpha value is -2.54. The van der Waals surface area contributed by atoms with E-state index in [2.05, 4.69) is 25.3 Å². The third-order valence-electron chi connectivity index (χ3n) is 6.81. The SMILES string of the molecule is COc1ccccc1OCC1c2ccsc2CCN1C(=O)CN(CC(C)C)C(=O)C1CCCC1. The molecule has 34 heavy (non-hydrogen) atoms. The van der Waals surface area contributed by atoms with E-state index in [1.165, 1.54) is 4.88 Å². The molecule has 6 nitrogen and oxygen atoms in total. The first-order valence-electron chi connectivity index (χ1n) is 12.4. The second kappa shape index (κ2) is 11.3. The fourth-order valence-electron chi connectivity index (χ4n) is 5.14. The van der Waals surface area contributed by atoms with Gasteiger partial charge in [-0.25, -0.2) is 0 Å². The van der Waals surface area contributed by atoms with Crippen molar-refractivity contribution in [2.24, 2.45) is 11.8 Å². The van der Waals surface area contributed by atoms with Gasteiger partial charge >= 0.3 is 0 Å². The minimum absolute atomic E-state index is 0.00234. The highest BCUT2D eigenvalue weighted by Crippen LogP contribution is 2.35. The summed E-state index contributed by atoms with van der Waals surface area (Å²) in [5.74, 6) is 1.87. The minimum atomic E-state index is -0.185. The summed E-state index contributed by atoms with van der Waals surface area (Å²) >= 11 is 1.73. The van der Waals surface area contributed by atoms with Crippen LogP contribution in [0.1, 0.15) is 56.0 Å². The van der Waals surface area contributed by atoms with Crippen molar-refractivity contribution in [1.29, 1.82) is 0 Å². The van der Waals surface area contributed by atoms with E-state index in [4.69, 9.17) is 9.47 Å². The summed E-state index contributed by atoms with van der Waals surface area (Å²) in [4.78, 5) is 31.9. The average molecular weight is 485 g/mol. The molecule has 0 N–H and O–H groups in total. The van der Waals surface area contributed by atoms with E-state index in [-0.39, 0.29) is 30.3 Å². The number of ether oxygens (including phenoxy) is 2. The zero-order valence-electron chi connectivity index (χ0n) is 20.5. The molecule has 7 heteroatoms. The fourth-order valence-corrected chi connectivity index (χ4v) is 6.07. The molecule has 2 aromatic rings. The van der Waals surface area contributed by atoms with E-state index in [0.717, 1.165) is 37.7 Å². The lowest BCUT2D eigenvalue weighted by molar-refractivity contribution is -0.145. The number of nitrogens with zero attached hydrogens (tertiary/aromatic N) is 2. The average Bonchev–Trinajstić information content (AvgIpc) is 3.53. The molecule has 0 saturated heterocycles. The van der Waals surface area contributed by atoms with Crippen molar-refractivity contribution in [3.05, 3.63) is 46.2 Å². The van der Waals surface area contributed by atoms with Crippen LogP contribution < -0.4 is 9.47 Å². The van der Waals surface area contributed by atoms with E-state index >= 15 is 0 Å². The van der Waals surface area contributed by atoms with Crippen LogP contribution in [0, 0.1) is 11.8 Å². The Morgan fingerprint density at radius 2 is 1.88 bits per heavy atom. The summed E-state index contributed by atoms with van der Waals surface area (Å²) in [6.07, 6.45) is 4.94. The highest BCUT2D eigenvalue weighted by atomic mass is 32.1. The number of hydrogen-bond donors (Lipinski definition) is 0. The Bertz CT molecular complexity index is 983. The molecule has 1 fully saturated rings. The van der Waals surface area contributed by atoms with Crippen LogP contribution >= 0.6 is 11.3 Å². The molecule has 1 aliphatic carbocycles. The molecule has 2 heterocycles. The number of fused-ring (bicyclic) bond motifs is 1. The van der Waals surface area contributed by atoms with Crippen molar-refractivity contribution in [1.82, 2.24) is 9.80 Å². The van der Waals surface area contributed by atoms with Gasteiger partial charge in [-0.2, -0.15) is 0 Å². The molecule has 1 saturated carbocycles. The molecule has 2 aliphatic rings. The minimum Gasteiger partial charge on any atom is -0.493 e. The van der Waals surface area contributed by atoms with Gasteiger partial charge in [0.25, 0.3) is 0 Å². The number of benzene rings is 1. The van der Waals surface area contributed by atoms with Gasteiger partial charge in [-0.1, -0.05) is 38.8 Å². The topological polar surface area (TPSA) is 59.1 Å². The monoisotopic (exact) mass is 484 g/mol. The van der Waals surface area contributed by atoms with Gasteiger partial charge in [-0.15, -0.1) is 11.3 Å². The van der Waals surface area contributed by atoms with E-state index < -0.39 is 0 Å². The molecule has 0 bridgehead atoms. The third-order valence-corrected chi connectivity index (χ3v) is 7.81. The van der Waals surface area contributed by atoms with Crippen LogP contribution in [0.15, 0.2) is 35.7 Å². The quantitative estimate of drug-likeness (QED) is 0.506. The van der Waals surface area contributed by atoms with Crippen LogP contribution in [0.5, 0.6) is 11.5 Å². The maximum Gasteiger partial charge on any atom is 0.242 e. The summed E-state index contributed by atoms with van der Waals surface area (Å²) in [7, 11) is 1.63. The highest BCUT2D eigenvalue weighted by Gasteiger charge is 2.35. The normalized spacial score (nSPS) is 18.1. The van der Waals surface area contributed by atoms with Crippen LogP contribution in [-0.4, -0.2) is 55.0 Å². The Morgan fingerprint density at radius 3 is 2.59 bits per heavy atom. The summed E-state index contributed by atoms with van der Waals surface area (Å²) < 4.78 is 11.6. The first-order chi connectivity index (χ1) is 16.5. The van der Waals surface area contributed by atoms with Crippen molar-refractivity contribution in [3.63, 3.8) is 0 Å². The molecule has 0 spiro atoms. The number of hydrogen-bond acceptors (Lipinski definition) is 5. The molecule has 0 radical (unpaired) electrons. The lowest BCUT2D eigenvalue weighted by Gasteiger charge is -2.37. The second-order valence-electron chi connectivity index (χ2n) is 9.71. The summed E-state index contributed by atoms with van der Waals surface area (Å²) in [6, 6.07) is 9.49. The molecular formula is C27H36N2O4S. The molecule has 1 atom stereocenters. The van der Waals surface area contributed by atoms with Crippen LogP contribution in [-0.2, 0) is 16.0 Å². The van der Waals surface area contributed by atoms with Gasteiger partial charge < -0.3 is 19.3 Å². The van der Waals surface area contributed by atoms with Gasteiger partial charge in [0.2, 0.25) is 11.8 Å². The van der Waals surface area contributed by atoms with Crippen molar-refractivity contribution in [3.8, 4) is 11.5 Å². The fraction of sp³-hybridized carbons (Fsp3) is 0.556. The van der Waals surface area contributed by atoms with Gasteiger partial charge in [-0.3, -0.25) is 9.59 Å². The number of methoxy groups -OCH3 is 1. The van der Waals surface area contributed by atoms with Gasteiger partial charge in [0.15, 0.2) is 11.5 Å². The molecule has 2 amide bonds. The number of amides is 2. The standard InChI is InChI=1S/C27H36N2O4S/c1-19(2)16-28(27(31)20-8-4-5-9-20)17-26(30)29-14-12-25-21(13-15-34-25)22(29)18-33-24-11-7-6-10-23(24)32-3/h6-7,10-11,13,15,19-20,22H,4-5,8-9,12,14,16-18H2,1-3H3. The Morgan fingerprint density at radius 1 is 1.15 bits per heavy atom. The Balaban J connectivity index is 1.51. The number of rotatable bonds is 9. The first kappa shape index (κ1) is 24.6.